The van der Waals surface area contributed by atoms with Crippen LogP contribution in [0, 0.1) is 0 Å². The van der Waals surface area contributed by atoms with Crippen LogP contribution in [0.1, 0.15) is 24.8 Å². The molecule has 4 nitrogen and oxygen atoms in total. The molecule has 1 saturated carbocycles. The fraction of sp³-hybridized carbons (Fsp3) is 0.364. The third kappa shape index (κ3) is 3.51. The standard InChI is InChI=1S/C22H24N4S2/c1-26-18-10-6-12-20(18)28-22(26)25-16-8-3-2-7-15(16)13-14-23-21-24-17-9-4-5-11-19(17)27-21/h2-5,7-9,11,18,20H,6,10,12-14H2,1H3,(H,23,24)/b25-22+/t18-,20?/m1/s1. The summed E-state index contributed by atoms with van der Waals surface area (Å²) in [5, 5.41) is 6.39. The molecular weight excluding hydrogens is 384 g/mol. The first kappa shape index (κ1) is 18.0. The fourth-order valence-corrected chi connectivity index (χ4v) is 6.51. The molecule has 0 spiro atoms. The second-order valence-corrected chi connectivity index (χ2v) is 9.69. The van der Waals surface area contributed by atoms with Crippen molar-refractivity contribution in [1.29, 1.82) is 0 Å². The summed E-state index contributed by atoms with van der Waals surface area (Å²) in [6.07, 6.45) is 4.92. The highest BCUT2D eigenvalue weighted by Crippen LogP contribution is 2.42. The number of thioether (sulfide) groups is 1. The number of thiazole rings is 1. The van der Waals surface area contributed by atoms with Crippen molar-refractivity contribution < 1.29 is 0 Å². The predicted octanol–water partition coefficient (Wildman–Crippen LogP) is 5.54. The Kier molecular flexibility index (Phi) is 4.99. The molecule has 2 aromatic carbocycles. The third-order valence-corrected chi connectivity index (χ3v) is 8.08. The molecule has 144 valence electrons. The summed E-state index contributed by atoms with van der Waals surface area (Å²) in [6.45, 7) is 0.857. The van der Waals surface area contributed by atoms with Gasteiger partial charge in [-0.3, -0.25) is 0 Å². The summed E-state index contributed by atoms with van der Waals surface area (Å²) in [5.74, 6) is 0. The highest BCUT2D eigenvalue weighted by atomic mass is 32.2. The molecule has 28 heavy (non-hydrogen) atoms. The van der Waals surface area contributed by atoms with Crippen LogP contribution in [0.4, 0.5) is 10.8 Å². The molecule has 2 heterocycles. The Bertz CT molecular complexity index is 979. The minimum atomic E-state index is 0.677. The Balaban J connectivity index is 1.28. The van der Waals surface area contributed by atoms with Crippen molar-refractivity contribution in [2.75, 3.05) is 18.9 Å². The number of aliphatic imine (C=N–C) groups is 1. The zero-order valence-electron chi connectivity index (χ0n) is 16.0. The molecule has 1 aromatic heterocycles. The monoisotopic (exact) mass is 408 g/mol. The van der Waals surface area contributed by atoms with E-state index in [0.717, 1.165) is 34.6 Å². The largest absolute Gasteiger partial charge is 0.361 e. The number of fused-ring (bicyclic) bond motifs is 2. The van der Waals surface area contributed by atoms with Gasteiger partial charge in [0.15, 0.2) is 10.3 Å². The minimum absolute atomic E-state index is 0.677. The van der Waals surface area contributed by atoms with Crippen molar-refractivity contribution in [2.24, 2.45) is 4.99 Å². The van der Waals surface area contributed by atoms with E-state index in [9.17, 15) is 0 Å². The van der Waals surface area contributed by atoms with E-state index in [-0.39, 0.29) is 0 Å². The highest BCUT2D eigenvalue weighted by Gasteiger charge is 2.40. The summed E-state index contributed by atoms with van der Waals surface area (Å²) >= 11 is 3.68. The van der Waals surface area contributed by atoms with Crippen LogP contribution in [0.3, 0.4) is 0 Å². The molecule has 2 atom stereocenters. The average molecular weight is 409 g/mol. The SMILES string of the molecule is CN1/C(=N\c2ccccc2CCNc2nc3ccccc3s2)SC2CCC[C@H]21. The van der Waals surface area contributed by atoms with Gasteiger partial charge in [-0.15, -0.1) is 0 Å². The van der Waals surface area contributed by atoms with E-state index in [0.29, 0.717) is 6.04 Å². The summed E-state index contributed by atoms with van der Waals surface area (Å²) in [4.78, 5) is 12.1. The average Bonchev–Trinajstić information content (AvgIpc) is 3.40. The molecule has 3 aromatic rings. The van der Waals surface area contributed by atoms with Crippen molar-refractivity contribution in [2.45, 2.75) is 37.0 Å². The summed E-state index contributed by atoms with van der Waals surface area (Å²) in [7, 11) is 2.21. The summed E-state index contributed by atoms with van der Waals surface area (Å²) in [5.41, 5.74) is 3.45. The van der Waals surface area contributed by atoms with E-state index in [4.69, 9.17) is 4.99 Å². The lowest BCUT2D eigenvalue weighted by atomic mass is 10.1. The second kappa shape index (κ2) is 7.76. The second-order valence-electron chi connectivity index (χ2n) is 7.45. The van der Waals surface area contributed by atoms with Crippen LogP contribution in [-0.2, 0) is 6.42 Å². The number of para-hydroxylation sites is 2. The Hall–Kier alpha value is -2.05. The first-order chi connectivity index (χ1) is 13.8. The molecule has 1 aliphatic heterocycles. The number of hydrogen-bond acceptors (Lipinski definition) is 5. The number of amidine groups is 1. The third-order valence-electron chi connectivity index (χ3n) is 5.65. The Morgan fingerprint density at radius 2 is 2.00 bits per heavy atom. The maximum Gasteiger partial charge on any atom is 0.183 e. The van der Waals surface area contributed by atoms with Gasteiger partial charge in [0.25, 0.3) is 0 Å². The fourth-order valence-electron chi connectivity index (χ4n) is 4.14. The van der Waals surface area contributed by atoms with Gasteiger partial charge in [0.2, 0.25) is 0 Å². The number of nitrogens with one attached hydrogen (secondary N) is 1. The van der Waals surface area contributed by atoms with Crippen molar-refractivity contribution >= 4 is 49.3 Å². The topological polar surface area (TPSA) is 40.5 Å². The lowest BCUT2D eigenvalue weighted by Gasteiger charge is -2.19. The maximum absolute atomic E-state index is 5.05. The molecule has 0 amide bonds. The van der Waals surface area contributed by atoms with Gasteiger partial charge in [-0.05, 0) is 43.0 Å². The number of benzene rings is 2. The molecule has 1 aliphatic carbocycles. The first-order valence-electron chi connectivity index (χ1n) is 9.93. The van der Waals surface area contributed by atoms with E-state index in [1.54, 1.807) is 11.3 Å². The summed E-state index contributed by atoms with van der Waals surface area (Å²) in [6, 6.07) is 17.5. The van der Waals surface area contributed by atoms with Crippen LogP contribution in [0.5, 0.6) is 0 Å². The quantitative estimate of drug-likeness (QED) is 0.602. The van der Waals surface area contributed by atoms with Crippen molar-refractivity contribution in [3.8, 4) is 0 Å². The van der Waals surface area contributed by atoms with Gasteiger partial charge < -0.3 is 10.2 Å². The molecule has 5 rings (SSSR count). The van der Waals surface area contributed by atoms with Crippen molar-refractivity contribution in [3.63, 3.8) is 0 Å². The lowest BCUT2D eigenvalue weighted by molar-refractivity contribution is 0.397. The first-order valence-corrected chi connectivity index (χ1v) is 11.6. The molecule has 0 bridgehead atoms. The van der Waals surface area contributed by atoms with E-state index < -0.39 is 0 Å². The van der Waals surface area contributed by atoms with Crippen LogP contribution in [0.25, 0.3) is 10.2 Å². The van der Waals surface area contributed by atoms with E-state index in [2.05, 4.69) is 64.7 Å². The van der Waals surface area contributed by atoms with Crippen molar-refractivity contribution in [3.05, 3.63) is 54.1 Å². The maximum atomic E-state index is 5.05. The number of aromatic nitrogens is 1. The van der Waals surface area contributed by atoms with Crippen LogP contribution < -0.4 is 5.32 Å². The van der Waals surface area contributed by atoms with Gasteiger partial charge in [-0.1, -0.05) is 59.9 Å². The predicted molar refractivity (Wildman–Crippen MR) is 122 cm³/mol. The van der Waals surface area contributed by atoms with Crippen molar-refractivity contribution in [1.82, 2.24) is 9.88 Å². The normalized spacial score (nSPS) is 22.9. The number of rotatable bonds is 5. The molecule has 2 aliphatic rings. The van der Waals surface area contributed by atoms with Gasteiger partial charge in [-0.2, -0.15) is 0 Å². The number of anilines is 1. The van der Waals surface area contributed by atoms with Crippen LogP contribution in [0.15, 0.2) is 53.5 Å². The van der Waals surface area contributed by atoms with Crippen LogP contribution >= 0.6 is 23.1 Å². The highest BCUT2D eigenvalue weighted by molar-refractivity contribution is 8.14. The van der Waals surface area contributed by atoms with Gasteiger partial charge in [0.05, 0.1) is 15.9 Å². The van der Waals surface area contributed by atoms with Gasteiger partial charge in [0, 0.05) is 24.9 Å². The van der Waals surface area contributed by atoms with Crippen LogP contribution in [-0.4, -0.2) is 39.9 Å². The zero-order valence-corrected chi connectivity index (χ0v) is 17.6. The van der Waals surface area contributed by atoms with E-state index in [1.807, 2.05) is 17.8 Å². The Labute approximate surface area is 174 Å². The van der Waals surface area contributed by atoms with Gasteiger partial charge in [-0.25, -0.2) is 9.98 Å². The number of hydrogen-bond donors (Lipinski definition) is 1. The van der Waals surface area contributed by atoms with Gasteiger partial charge >= 0.3 is 0 Å². The lowest BCUT2D eigenvalue weighted by Crippen LogP contribution is -2.30. The molecule has 6 heteroatoms. The Morgan fingerprint density at radius 3 is 2.89 bits per heavy atom. The smallest absolute Gasteiger partial charge is 0.183 e. The molecule has 0 radical (unpaired) electrons. The molecular formula is C22H24N4S2. The molecule has 1 N–H and O–H groups in total. The van der Waals surface area contributed by atoms with E-state index in [1.165, 1.54) is 34.7 Å². The van der Waals surface area contributed by atoms with E-state index >= 15 is 0 Å². The Morgan fingerprint density at radius 1 is 1.14 bits per heavy atom. The number of nitrogens with zero attached hydrogens (tertiary/aromatic N) is 3. The van der Waals surface area contributed by atoms with Crippen LogP contribution in [0.2, 0.25) is 0 Å². The summed E-state index contributed by atoms with van der Waals surface area (Å²) < 4.78 is 1.23. The molecule has 1 saturated heterocycles. The molecule has 1 unspecified atom stereocenters. The van der Waals surface area contributed by atoms with Gasteiger partial charge in [0.1, 0.15) is 0 Å². The zero-order chi connectivity index (χ0) is 18.9. The minimum Gasteiger partial charge on any atom is -0.361 e. The molecule has 2 fully saturated rings.